The molecule has 0 bridgehead atoms. The third-order valence-corrected chi connectivity index (χ3v) is 3.12. The first-order valence-corrected chi connectivity index (χ1v) is 6.85. The summed E-state index contributed by atoms with van der Waals surface area (Å²) >= 11 is 0. The molecule has 1 amide bonds. The number of hydrogen-bond donors (Lipinski definition) is 2. The van der Waals surface area contributed by atoms with E-state index in [1.54, 1.807) is 12.3 Å². The molecular formula is C14H24N4O. The van der Waals surface area contributed by atoms with Gasteiger partial charge in [0, 0.05) is 13.6 Å². The number of nitrogens with one attached hydrogen (secondary N) is 2. The van der Waals surface area contributed by atoms with Crippen LogP contribution in [-0.4, -0.2) is 49.0 Å². The van der Waals surface area contributed by atoms with Crippen LogP contribution in [0.3, 0.4) is 0 Å². The van der Waals surface area contributed by atoms with E-state index in [9.17, 15) is 4.79 Å². The second-order valence-corrected chi connectivity index (χ2v) is 4.32. The van der Waals surface area contributed by atoms with Crippen LogP contribution in [0.25, 0.3) is 0 Å². The number of nitrogens with zero attached hydrogens (tertiary/aromatic N) is 2. The minimum atomic E-state index is -0.109. The van der Waals surface area contributed by atoms with Crippen LogP contribution in [0.15, 0.2) is 18.3 Å². The van der Waals surface area contributed by atoms with E-state index in [1.807, 2.05) is 13.1 Å². The van der Waals surface area contributed by atoms with Crippen molar-refractivity contribution in [2.75, 3.05) is 38.5 Å². The molecule has 0 saturated heterocycles. The minimum absolute atomic E-state index is 0.109. The monoisotopic (exact) mass is 264 g/mol. The predicted octanol–water partition coefficient (Wildman–Crippen LogP) is 1.58. The highest BCUT2D eigenvalue weighted by molar-refractivity contribution is 5.92. The topological polar surface area (TPSA) is 57.3 Å². The predicted molar refractivity (Wildman–Crippen MR) is 78.5 cm³/mol. The molecule has 0 atom stereocenters. The lowest BCUT2D eigenvalue weighted by atomic mass is 10.3. The van der Waals surface area contributed by atoms with Crippen LogP contribution in [0.2, 0.25) is 0 Å². The van der Waals surface area contributed by atoms with Gasteiger partial charge in [0.05, 0.1) is 11.9 Å². The summed E-state index contributed by atoms with van der Waals surface area (Å²) in [5.41, 5.74) is 1.36. The number of amides is 1. The van der Waals surface area contributed by atoms with Crippen LogP contribution in [0.1, 0.15) is 30.8 Å². The van der Waals surface area contributed by atoms with E-state index in [-0.39, 0.29) is 5.91 Å². The van der Waals surface area contributed by atoms with Crippen molar-refractivity contribution in [2.45, 2.75) is 20.3 Å². The maximum absolute atomic E-state index is 11.8. The van der Waals surface area contributed by atoms with Gasteiger partial charge in [0.1, 0.15) is 5.69 Å². The van der Waals surface area contributed by atoms with Crippen molar-refractivity contribution in [3.8, 4) is 0 Å². The molecule has 0 unspecified atom stereocenters. The van der Waals surface area contributed by atoms with Gasteiger partial charge in [0.2, 0.25) is 0 Å². The Morgan fingerprint density at radius 2 is 2.05 bits per heavy atom. The number of hydrogen-bond acceptors (Lipinski definition) is 4. The molecule has 0 spiro atoms. The van der Waals surface area contributed by atoms with E-state index in [0.29, 0.717) is 12.2 Å². The standard InChI is InChI=1S/C14H24N4O/c1-4-18(5-2)10-6-9-16-14(19)13-8-7-12(15-3)11-17-13/h7-8,11,15H,4-6,9-10H2,1-3H3,(H,16,19). The average molecular weight is 264 g/mol. The highest BCUT2D eigenvalue weighted by Crippen LogP contribution is 2.04. The molecule has 1 heterocycles. The van der Waals surface area contributed by atoms with E-state index in [0.717, 1.165) is 31.7 Å². The Bertz CT molecular complexity index is 374. The Hall–Kier alpha value is -1.62. The molecule has 5 heteroatoms. The molecule has 0 radical (unpaired) electrons. The molecule has 0 aliphatic heterocycles. The number of carbonyl (C=O) groups excluding carboxylic acids is 1. The summed E-state index contributed by atoms with van der Waals surface area (Å²) in [5, 5.41) is 5.86. The molecule has 1 rings (SSSR count). The zero-order valence-electron chi connectivity index (χ0n) is 12.1. The summed E-state index contributed by atoms with van der Waals surface area (Å²) in [4.78, 5) is 18.3. The summed E-state index contributed by atoms with van der Waals surface area (Å²) in [7, 11) is 1.82. The van der Waals surface area contributed by atoms with Crippen LogP contribution in [0.4, 0.5) is 5.69 Å². The highest BCUT2D eigenvalue weighted by atomic mass is 16.1. The maximum atomic E-state index is 11.8. The zero-order chi connectivity index (χ0) is 14.1. The molecule has 0 aliphatic rings. The molecule has 19 heavy (non-hydrogen) atoms. The lowest BCUT2D eigenvalue weighted by Gasteiger charge is -2.17. The van der Waals surface area contributed by atoms with Crippen molar-refractivity contribution in [1.29, 1.82) is 0 Å². The van der Waals surface area contributed by atoms with Gasteiger partial charge in [-0.3, -0.25) is 4.79 Å². The van der Waals surface area contributed by atoms with Crippen LogP contribution in [-0.2, 0) is 0 Å². The van der Waals surface area contributed by atoms with Gasteiger partial charge in [-0.1, -0.05) is 13.8 Å². The van der Waals surface area contributed by atoms with Crippen LogP contribution in [0.5, 0.6) is 0 Å². The summed E-state index contributed by atoms with van der Waals surface area (Å²) in [5.74, 6) is -0.109. The summed E-state index contributed by atoms with van der Waals surface area (Å²) in [6, 6.07) is 3.57. The van der Waals surface area contributed by atoms with Gasteiger partial charge in [0.25, 0.3) is 5.91 Å². The SMILES string of the molecule is CCN(CC)CCCNC(=O)c1ccc(NC)cn1. The minimum Gasteiger partial charge on any atom is -0.387 e. The Morgan fingerprint density at radius 3 is 2.58 bits per heavy atom. The second-order valence-electron chi connectivity index (χ2n) is 4.32. The normalized spacial score (nSPS) is 10.5. The Balaban J connectivity index is 2.30. The molecule has 0 aromatic carbocycles. The molecule has 0 fully saturated rings. The van der Waals surface area contributed by atoms with E-state index < -0.39 is 0 Å². The van der Waals surface area contributed by atoms with Gasteiger partial charge in [-0.15, -0.1) is 0 Å². The van der Waals surface area contributed by atoms with Crippen molar-refractivity contribution in [1.82, 2.24) is 15.2 Å². The van der Waals surface area contributed by atoms with Gasteiger partial charge in [0.15, 0.2) is 0 Å². The quantitative estimate of drug-likeness (QED) is 0.700. The first-order valence-electron chi connectivity index (χ1n) is 6.85. The van der Waals surface area contributed by atoms with E-state index in [2.05, 4.69) is 34.4 Å². The number of aromatic nitrogens is 1. The first-order chi connectivity index (χ1) is 9.21. The zero-order valence-corrected chi connectivity index (χ0v) is 12.1. The van der Waals surface area contributed by atoms with Crippen LogP contribution < -0.4 is 10.6 Å². The largest absolute Gasteiger partial charge is 0.387 e. The van der Waals surface area contributed by atoms with Crippen LogP contribution in [0, 0.1) is 0 Å². The number of anilines is 1. The fourth-order valence-electron chi connectivity index (χ4n) is 1.81. The fourth-order valence-corrected chi connectivity index (χ4v) is 1.81. The molecule has 0 saturated carbocycles. The number of pyridine rings is 1. The molecule has 2 N–H and O–H groups in total. The second kappa shape index (κ2) is 8.48. The van der Waals surface area contributed by atoms with E-state index in [1.165, 1.54) is 0 Å². The first kappa shape index (κ1) is 15.4. The summed E-state index contributed by atoms with van der Waals surface area (Å²) in [6.07, 6.45) is 2.62. The van der Waals surface area contributed by atoms with Crippen molar-refractivity contribution in [2.24, 2.45) is 0 Å². The van der Waals surface area contributed by atoms with Crippen molar-refractivity contribution in [3.05, 3.63) is 24.0 Å². The summed E-state index contributed by atoms with van der Waals surface area (Å²) < 4.78 is 0. The van der Waals surface area contributed by atoms with E-state index in [4.69, 9.17) is 0 Å². The third-order valence-electron chi connectivity index (χ3n) is 3.12. The van der Waals surface area contributed by atoms with Gasteiger partial charge >= 0.3 is 0 Å². The Morgan fingerprint density at radius 1 is 1.32 bits per heavy atom. The molecule has 0 aliphatic carbocycles. The van der Waals surface area contributed by atoms with Gasteiger partial charge in [-0.2, -0.15) is 0 Å². The highest BCUT2D eigenvalue weighted by Gasteiger charge is 2.06. The Labute approximate surface area is 115 Å². The molecular weight excluding hydrogens is 240 g/mol. The smallest absolute Gasteiger partial charge is 0.269 e. The van der Waals surface area contributed by atoms with Crippen molar-refractivity contribution < 1.29 is 4.79 Å². The fraction of sp³-hybridized carbons (Fsp3) is 0.571. The molecule has 1 aromatic heterocycles. The van der Waals surface area contributed by atoms with Gasteiger partial charge in [-0.25, -0.2) is 4.98 Å². The molecule has 106 valence electrons. The Kier molecular flexibility index (Phi) is 6.89. The summed E-state index contributed by atoms with van der Waals surface area (Å²) in [6.45, 7) is 8.10. The average Bonchev–Trinajstić information content (AvgIpc) is 2.47. The lowest BCUT2D eigenvalue weighted by molar-refractivity contribution is 0.0947. The van der Waals surface area contributed by atoms with E-state index >= 15 is 0 Å². The maximum Gasteiger partial charge on any atom is 0.269 e. The number of carbonyl (C=O) groups is 1. The molecule has 1 aromatic rings. The number of rotatable bonds is 8. The van der Waals surface area contributed by atoms with Crippen molar-refractivity contribution >= 4 is 11.6 Å². The molecule has 5 nitrogen and oxygen atoms in total. The third kappa shape index (κ3) is 5.26. The van der Waals surface area contributed by atoms with Gasteiger partial charge < -0.3 is 15.5 Å². The van der Waals surface area contributed by atoms with Crippen LogP contribution >= 0.6 is 0 Å². The lowest BCUT2D eigenvalue weighted by Crippen LogP contribution is -2.30. The van der Waals surface area contributed by atoms with Gasteiger partial charge in [-0.05, 0) is 38.2 Å². The van der Waals surface area contributed by atoms with Crippen molar-refractivity contribution in [3.63, 3.8) is 0 Å².